The van der Waals surface area contributed by atoms with Crippen LogP contribution in [0.3, 0.4) is 0 Å². The van der Waals surface area contributed by atoms with E-state index in [1.165, 1.54) is 0 Å². The lowest BCUT2D eigenvalue weighted by atomic mass is 9.88. The average Bonchev–Trinajstić information content (AvgIpc) is 2.75. The molecular weight excluding hydrogens is 274 g/mol. The summed E-state index contributed by atoms with van der Waals surface area (Å²) < 4.78 is 0. The zero-order valence-electron chi connectivity index (χ0n) is 12.9. The van der Waals surface area contributed by atoms with Crippen LogP contribution in [0.4, 0.5) is 0 Å². The monoisotopic (exact) mass is 301 g/mol. The number of aliphatic hydroxyl groups is 1. The Labute approximate surface area is 127 Å². The molecule has 0 fully saturated rings. The Bertz CT molecular complexity index is 390. The lowest BCUT2D eigenvalue weighted by Crippen LogP contribution is -2.29. The summed E-state index contributed by atoms with van der Waals surface area (Å²) >= 11 is 6.14. The van der Waals surface area contributed by atoms with E-state index in [1.807, 2.05) is 0 Å². The van der Waals surface area contributed by atoms with Crippen LogP contribution in [-0.4, -0.2) is 28.2 Å². The van der Waals surface area contributed by atoms with Crippen LogP contribution in [0.5, 0.6) is 0 Å². The summed E-state index contributed by atoms with van der Waals surface area (Å²) in [5, 5.41) is 12.9. The number of nitrogens with one attached hydrogen (secondary N) is 2. The molecule has 0 amide bonds. The maximum atomic E-state index is 8.89. The third-order valence-electron chi connectivity index (χ3n) is 3.46. The van der Waals surface area contributed by atoms with E-state index in [0.29, 0.717) is 11.7 Å². The highest BCUT2D eigenvalue weighted by molar-refractivity contribution is 6.30. The quantitative estimate of drug-likeness (QED) is 0.621. The van der Waals surface area contributed by atoms with Gasteiger partial charge in [-0.15, -0.1) is 0 Å². The fourth-order valence-corrected chi connectivity index (χ4v) is 2.41. The zero-order valence-corrected chi connectivity index (χ0v) is 13.7. The second-order valence-corrected chi connectivity index (χ2v) is 6.51. The molecule has 3 N–H and O–H groups in total. The van der Waals surface area contributed by atoms with Gasteiger partial charge in [0.25, 0.3) is 0 Å². The average molecular weight is 302 g/mol. The minimum Gasteiger partial charge on any atom is -0.396 e. The van der Waals surface area contributed by atoms with Crippen molar-refractivity contribution in [1.82, 2.24) is 15.3 Å². The van der Waals surface area contributed by atoms with E-state index in [2.05, 4.69) is 36.1 Å². The number of aromatic amines is 1. The van der Waals surface area contributed by atoms with Crippen molar-refractivity contribution in [2.24, 2.45) is 5.41 Å². The topological polar surface area (TPSA) is 60.9 Å². The molecule has 0 unspecified atom stereocenters. The Morgan fingerprint density at radius 3 is 2.75 bits per heavy atom. The highest BCUT2D eigenvalue weighted by atomic mass is 35.5. The van der Waals surface area contributed by atoms with Gasteiger partial charge >= 0.3 is 0 Å². The summed E-state index contributed by atoms with van der Waals surface area (Å²) in [6.07, 6.45) is 5.10. The Kier molecular flexibility index (Phi) is 7.56. The number of halogens is 1. The fraction of sp³-hybridized carbons (Fsp3) is 0.800. The first-order valence-corrected chi connectivity index (χ1v) is 7.91. The van der Waals surface area contributed by atoms with Crippen molar-refractivity contribution < 1.29 is 5.11 Å². The van der Waals surface area contributed by atoms with Crippen LogP contribution in [0.2, 0.25) is 5.15 Å². The molecule has 0 aliphatic heterocycles. The molecule has 1 rings (SSSR count). The lowest BCUT2D eigenvalue weighted by molar-refractivity contribution is 0.236. The molecule has 0 atom stereocenters. The summed E-state index contributed by atoms with van der Waals surface area (Å²) in [6.45, 7) is 8.44. The van der Waals surface area contributed by atoms with Crippen molar-refractivity contribution in [3.63, 3.8) is 0 Å². The Morgan fingerprint density at radius 2 is 2.10 bits per heavy atom. The van der Waals surface area contributed by atoms with E-state index in [1.54, 1.807) is 0 Å². The minimum atomic E-state index is 0.181. The number of unbranched alkanes of at least 4 members (excludes halogenated alkanes) is 1. The maximum Gasteiger partial charge on any atom is 0.151 e. The van der Waals surface area contributed by atoms with E-state index < -0.39 is 0 Å². The molecule has 0 saturated carbocycles. The van der Waals surface area contributed by atoms with Crippen molar-refractivity contribution in [3.8, 4) is 0 Å². The van der Waals surface area contributed by atoms with Gasteiger partial charge in [-0.3, -0.25) is 0 Å². The van der Waals surface area contributed by atoms with Gasteiger partial charge in [-0.1, -0.05) is 38.8 Å². The molecule has 5 heteroatoms. The van der Waals surface area contributed by atoms with Gasteiger partial charge in [-0.2, -0.15) is 0 Å². The van der Waals surface area contributed by atoms with Crippen LogP contribution in [0.1, 0.15) is 58.0 Å². The second kappa shape index (κ2) is 8.65. The predicted octanol–water partition coefficient (Wildman–Crippen LogP) is 3.29. The molecule has 0 spiro atoms. The van der Waals surface area contributed by atoms with Crippen LogP contribution in [-0.2, 0) is 13.0 Å². The molecule has 0 radical (unpaired) electrons. The molecule has 20 heavy (non-hydrogen) atoms. The Balaban J connectivity index is 2.39. The number of aryl methyl sites for hydroxylation is 1. The number of hydrogen-bond donors (Lipinski definition) is 3. The molecule has 0 saturated heterocycles. The van der Waals surface area contributed by atoms with Gasteiger partial charge in [-0.25, -0.2) is 4.98 Å². The highest BCUT2D eigenvalue weighted by Crippen LogP contribution is 2.21. The van der Waals surface area contributed by atoms with Gasteiger partial charge in [0.15, 0.2) is 5.15 Å². The molecule has 4 nitrogen and oxygen atoms in total. The fourth-order valence-electron chi connectivity index (χ4n) is 2.19. The van der Waals surface area contributed by atoms with Crippen LogP contribution in [0.25, 0.3) is 0 Å². The number of aromatic nitrogens is 2. The largest absolute Gasteiger partial charge is 0.396 e. The number of H-pyrrole nitrogens is 1. The summed E-state index contributed by atoms with van der Waals surface area (Å²) in [6, 6.07) is 0. The van der Waals surface area contributed by atoms with Crippen molar-refractivity contribution in [2.75, 3.05) is 13.2 Å². The van der Waals surface area contributed by atoms with Gasteiger partial charge in [0, 0.05) is 26.1 Å². The SMILES string of the molecule is CCCCc1nc(Cl)c(CNCC(C)(C)CCCO)[nH]1. The number of nitrogens with zero attached hydrogens (tertiary/aromatic N) is 1. The third kappa shape index (κ3) is 6.25. The number of hydrogen-bond acceptors (Lipinski definition) is 3. The van der Waals surface area contributed by atoms with Crippen molar-refractivity contribution in [2.45, 2.75) is 59.4 Å². The molecule has 0 aliphatic carbocycles. The van der Waals surface area contributed by atoms with Crippen LogP contribution in [0, 0.1) is 5.41 Å². The smallest absolute Gasteiger partial charge is 0.151 e. The summed E-state index contributed by atoms with van der Waals surface area (Å²) in [7, 11) is 0. The lowest BCUT2D eigenvalue weighted by Gasteiger charge is -2.24. The maximum absolute atomic E-state index is 8.89. The van der Waals surface area contributed by atoms with Crippen LogP contribution < -0.4 is 5.32 Å². The van der Waals surface area contributed by atoms with Gasteiger partial charge in [0.1, 0.15) is 5.82 Å². The van der Waals surface area contributed by atoms with E-state index in [4.69, 9.17) is 16.7 Å². The molecule has 1 heterocycles. The second-order valence-electron chi connectivity index (χ2n) is 6.15. The van der Waals surface area contributed by atoms with E-state index in [9.17, 15) is 0 Å². The Morgan fingerprint density at radius 1 is 1.35 bits per heavy atom. The van der Waals surface area contributed by atoms with Gasteiger partial charge < -0.3 is 15.4 Å². The molecular formula is C15H28ClN3O. The van der Waals surface area contributed by atoms with Crippen molar-refractivity contribution in [3.05, 3.63) is 16.7 Å². The predicted molar refractivity (Wildman–Crippen MR) is 84.0 cm³/mol. The molecule has 0 bridgehead atoms. The van der Waals surface area contributed by atoms with Gasteiger partial charge in [-0.05, 0) is 24.7 Å². The summed E-state index contributed by atoms with van der Waals surface area (Å²) in [4.78, 5) is 7.65. The van der Waals surface area contributed by atoms with E-state index >= 15 is 0 Å². The van der Waals surface area contributed by atoms with Gasteiger partial charge in [0.05, 0.1) is 5.69 Å². The number of aliphatic hydroxyl groups excluding tert-OH is 1. The first kappa shape index (κ1) is 17.5. The first-order valence-electron chi connectivity index (χ1n) is 7.53. The normalized spacial score (nSPS) is 12.1. The molecule has 116 valence electrons. The third-order valence-corrected chi connectivity index (χ3v) is 3.77. The van der Waals surface area contributed by atoms with E-state index in [-0.39, 0.29) is 12.0 Å². The van der Waals surface area contributed by atoms with Crippen LogP contribution in [0.15, 0.2) is 0 Å². The first-order chi connectivity index (χ1) is 9.48. The number of rotatable bonds is 10. The van der Waals surface area contributed by atoms with Crippen molar-refractivity contribution >= 4 is 11.6 Å². The summed E-state index contributed by atoms with van der Waals surface area (Å²) in [5.74, 6) is 0.980. The molecule has 0 aliphatic rings. The van der Waals surface area contributed by atoms with E-state index in [0.717, 1.165) is 50.2 Å². The highest BCUT2D eigenvalue weighted by Gasteiger charge is 2.17. The Hall–Kier alpha value is -0.580. The van der Waals surface area contributed by atoms with Crippen molar-refractivity contribution in [1.29, 1.82) is 0 Å². The zero-order chi connectivity index (χ0) is 15.0. The minimum absolute atomic E-state index is 0.181. The molecule has 0 aromatic carbocycles. The standard InChI is InChI=1S/C15H28ClN3O/c1-4-5-7-13-18-12(14(16)19-13)10-17-11-15(2,3)8-6-9-20/h17,20H,4-11H2,1-3H3,(H,18,19). The number of imidazole rings is 1. The molecule has 1 aromatic heterocycles. The van der Waals surface area contributed by atoms with Gasteiger partial charge in [0.2, 0.25) is 0 Å². The van der Waals surface area contributed by atoms with Crippen LogP contribution >= 0.6 is 11.6 Å². The summed E-state index contributed by atoms with van der Waals surface area (Å²) in [5.41, 5.74) is 1.15. The molecule has 1 aromatic rings.